The minimum absolute atomic E-state index is 0.833. The number of hydrogen-bond donors (Lipinski definition) is 1. The van der Waals surface area contributed by atoms with Crippen molar-refractivity contribution in [2.75, 3.05) is 34.8 Å². The molecule has 0 amide bonds. The number of nitrogens with zero attached hydrogens (tertiary/aromatic N) is 4. The van der Waals surface area contributed by atoms with Gasteiger partial charge in [-0.2, -0.15) is 0 Å². The van der Waals surface area contributed by atoms with E-state index in [0.29, 0.717) is 0 Å². The molecule has 0 radical (unpaired) electrons. The van der Waals surface area contributed by atoms with Crippen LogP contribution in [0.4, 0.5) is 17.1 Å². The normalized spacial score (nSPS) is 13.3. The zero-order valence-electron chi connectivity index (χ0n) is 23.6. The van der Waals surface area contributed by atoms with Crippen molar-refractivity contribution >= 4 is 22.8 Å². The molecule has 1 aromatic heterocycles. The van der Waals surface area contributed by atoms with Crippen LogP contribution in [0.1, 0.15) is 72.3 Å². The molecule has 0 spiro atoms. The first kappa shape index (κ1) is 28.2. The topological polar surface area (TPSA) is 43.8 Å². The summed E-state index contributed by atoms with van der Waals surface area (Å²) in [6, 6.07) is 11.0. The number of aliphatic imine (C=N–C) groups is 1. The van der Waals surface area contributed by atoms with Gasteiger partial charge in [0, 0.05) is 49.3 Å². The van der Waals surface area contributed by atoms with Crippen LogP contribution in [0, 0.1) is 0 Å². The lowest BCUT2D eigenvalue weighted by atomic mass is 10.1. The Balaban J connectivity index is 1.61. The van der Waals surface area contributed by atoms with Crippen molar-refractivity contribution in [1.29, 1.82) is 0 Å². The van der Waals surface area contributed by atoms with Crippen LogP contribution >= 0.6 is 0 Å². The summed E-state index contributed by atoms with van der Waals surface area (Å²) < 4.78 is 0. The van der Waals surface area contributed by atoms with E-state index in [4.69, 9.17) is 4.99 Å². The summed E-state index contributed by atoms with van der Waals surface area (Å²) in [5, 5.41) is 3.51. The van der Waals surface area contributed by atoms with Crippen LogP contribution in [0.15, 0.2) is 83.5 Å². The number of allylic oxidation sites excluding steroid dienone is 3. The van der Waals surface area contributed by atoms with Crippen LogP contribution in [0.2, 0.25) is 0 Å². The Morgan fingerprint density at radius 1 is 1.11 bits per heavy atom. The first-order chi connectivity index (χ1) is 18.0. The molecular weight excluding hydrogens is 454 g/mol. The molecule has 0 bridgehead atoms. The quantitative estimate of drug-likeness (QED) is 0.269. The Morgan fingerprint density at radius 3 is 2.59 bits per heavy atom. The van der Waals surface area contributed by atoms with Crippen molar-refractivity contribution in [3.05, 3.63) is 84.1 Å². The van der Waals surface area contributed by atoms with Gasteiger partial charge in [0.05, 0.1) is 29.0 Å². The summed E-state index contributed by atoms with van der Waals surface area (Å²) in [6.07, 6.45) is 14.3. The van der Waals surface area contributed by atoms with Crippen LogP contribution in [-0.2, 0) is 6.42 Å². The van der Waals surface area contributed by atoms with Crippen molar-refractivity contribution < 1.29 is 0 Å². The number of aryl methyl sites for hydroxylation is 1. The van der Waals surface area contributed by atoms with Crippen molar-refractivity contribution in [1.82, 2.24) is 4.98 Å². The predicted octanol–water partition coefficient (Wildman–Crippen LogP) is 8.14. The van der Waals surface area contributed by atoms with E-state index in [1.807, 2.05) is 12.4 Å². The first-order valence-electron chi connectivity index (χ1n) is 13.9. The Hall–Kier alpha value is -3.34. The van der Waals surface area contributed by atoms with Gasteiger partial charge in [0.1, 0.15) is 0 Å². The van der Waals surface area contributed by atoms with Crippen LogP contribution in [0.3, 0.4) is 0 Å². The first-order valence-corrected chi connectivity index (χ1v) is 13.9. The average molecular weight is 500 g/mol. The Bertz CT molecular complexity index is 1120. The molecule has 0 aliphatic carbocycles. The summed E-state index contributed by atoms with van der Waals surface area (Å²) in [5.74, 6) is 0. The molecule has 198 valence electrons. The highest BCUT2D eigenvalue weighted by atomic mass is 15.2. The van der Waals surface area contributed by atoms with Gasteiger partial charge in [-0.05, 0) is 69.7 Å². The van der Waals surface area contributed by atoms with Gasteiger partial charge in [0.15, 0.2) is 0 Å². The molecule has 37 heavy (non-hydrogen) atoms. The zero-order chi connectivity index (χ0) is 26.6. The van der Waals surface area contributed by atoms with Crippen molar-refractivity contribution in [2.24, 2.45) is 4.99 Å². The minimum Gasteiger partial charge on any atom is -0.370 e. The van der Waals surface area contributed by atoms with Crippen LogP contribution < -0.4 is 15.1 Å². The highest BCUT2D eigenvalue weighted by molar-refractivity contribution is 5.90. The van der Waals surface area contributed by atoms with E-state index in [1.54, 1.807) is 0 Å². The summed E-state index contributed by atoms with van der Waals surface area (Å²) in [6.45, 7) is 18.3. The van der Waals surface area contributed by atoms with Gasteiger partial charge in [0.2, 0.25) is 0 Å². The van der Waals surface area contributed by atoms with Crippen molar-refractivity contribution in [2.45, 2.75) is 73.1 Å². The zero-order valence-corrected chi connectivity index (χ0v) is 23.6. The highest BCUT2D eigenvalue weighted by Gasteiger charge is 2.16. The van der Waals surface area contributed by atoms with E-state index in [9.17, 15) is 0 Å². The summed E-state index contributed by atoms with van der Waals surface area (Å²) >= 11 is 0. The largest absolute Gasteiger partial charge is 0.370 e. The van der Waals surface area contributed by atoms with Gasteiger partial charge in [0.25, 0.3) is 0 Å². The van der Waals surface area contributed by atoms with Gasteiger partial charge >= 0.3 is 0 Å². The van der Waals surface area contributed by atoms with E-state index in [2.05, 4.69) is 104 Å². The fourth-order valence-corrected chi connectivity index (χ4v) is 4.75. The summed E-state index contributed by atoms with van der Waals surface area (Å²) in [4.78, 5) is 14.1. The second kappa shape index (κ2) is 14.4. The summed E-state index contributed by atoms with van der Waals surface area (Å²) in [7, 11) is 0. The van der Waals surface area contributed by atoms with Gasteiger partial charge in [-0.3, -0.25) is 9.98 Å². The Morgan fingerprint density at radius 2 is 1.89 bits per heavy atom. The Kier molecular flexibility index (Phi) is 11.0. The highest BCUT2D eigenvalue weighted by Crippen LogP contribution is 2.29. The smallest absolute Gasteiger partial charge is 0.0821 e. The average Bonchev–Trinajstić information content (AvgIpc) is 3.40. The third-order valence-corrected chi connectivity index (χ3v) is 6.85. The number of nitrogens with one attached hydrogen (secondary N) is 1. The van der Waals surface area contributed by atoms with Crippen LogP contribution in [0.5, 0.6) is 0 Å². The third kappa shape index (κ3) is 7.82. The van der Waals surface area contributed by atoms with Gasteiger partial charge < -0.3 is 15.1 Å². The molecule has 1 aliphatic heterocycles. The molecule has 3 rings (SSSR count). The van der Waals surface area contributed by atoms with Gasteiger partial charge in [-0.15, -0.1) is 0 Å². The molecule has 0 atom stereocenters. The van der Waals surface area contributed by atoms with E-state index in [-0.39, 0.29) is 0 Å². The monoisotopic (exact) mass is 499 g/mol. The SMILES string of the molecule is C=C(Nc1cnccc1N(CCC)CCC)C1=CCC(CCCN(/C(C)=C/C)c2cccc(CC)c2)=N1. The molecule has 5 nitrogen and oxygen atoms in total. The molecule has 1 aliphatic rings. The fourth-order valence-electron chi connectivity index (χ4n) is 4.75. The van der Waals surface area contributed by atoms with Gasteiger partial charge in [-0.25, -0.2) is 0 Å². The molecule has 5 heteroatoms. The third-order valence-electron chi connectivity index (χ3n) is 6.85. The second-order valence-electron chi connectivity index (χ2n) is 9.66. The molecule has 0 fully saturated rings. The lowest BCUT2D eigenvalue weighted by Crippen LogP contribution is -2.26. The number of rotatable bonds is 15. The number of hydrogen-bond acceptors (Lipinski definition) is 5. The second-order valence-corrected chi connectivity index (χ2v) is 9.66. The molecule has 2 aromatic rings. The molecule has 0 unspecified atom stereocenters. The van der Waals surface area contributed by atoms with E-state index < -0.39 is 0 Å². The molecule has 1 N–H and O–H groups in total. The molecule has 1 aromatic carbocycles. The van der Waals surface area contributed by atoms with Crippen molar-refractivity contribution in [3.63, 3.8) is 0 Å². The molecule has 2 heterocycles. The number of anilines is 3. The minimum atomic E-state index is 0.833. The number of aromatic nitrogens is 1. The Labute approximate surface area is 224 Å². The van der Waals surface area contributed by atoms with Gasteiger partial charge in [-0.1, -0.05) is 51.6 Å². The standard InChI is InChI=1S/C32H45N5/c1-7-20-36(21-8-2)32-18-19-33-24-31(32)34-26(6)30-17-16-28(35-30)14-12-22-37(25(5)9-3)29-15-11-13-27(10-4)23-29/h9,11,13,15,17-19,23-24,34H,6-8,10,12,14,16,20-22H2,1-5H3/b25-9+. The maximum absolute atomic E-state index is 4.94. The number of benzene rings is 1. The van der Waals surface area contributed by atoms with E-state index in [1.165, 1.54) is 28.3 Å². The fraction of sp³-hybridized carbons (Fsp3) is 0.438. The summed E-state index contributed by atoms with van der Waals surface area (Å²) in [5.41, 5.74) is 9.09. The van der Waals surface area contributed by atoms with Crippen LogP contribution in [-0.4, -0.2) is 30.3 Å². The maximum atomic E-state index is 4.94. The van der Waals surface area contributed by atoms with Crippen molar-refractivity contribution in [3.8, 4) is 0 Å². The lowest BCUT2D eigenvalue weighted by Gasteiger charge is -2.26. The number of pyridine rings is 1. The lowest BCUT2D eigenvalue weighted by molar-refractivity contribution is 0.745. The maximum Gasteiger partial charge on any atom is 0.0821 e. The van der Waals surface area contributed by atoms with Crippen LogP contribution in [0.25, 0.3) is 0 Å². The molecule has 0 saturated carbocycles. The van der Waals surface area contributed by atoms with E-state index >= 15 is 0 Å². The molecule has 0 saturated heterocycles. The molecular formula is C32H45N5. The van der Waals surface area contributed by atoms with E-state index in [0.717, 1.165) is 75.2 Å². The predicted molar refractivity (Wildman–Crippen MR) is 162 cm³/mol.